The van der Waals surface area contributed by atoms with Crippen LogP contribution in [0.2, 0.25) is 0 Å². The number of para-hydroxylation sites is 3. The van der Waals surface area contributed by atoms with Crippen molar-refractivity contribution in [2.45, 2.75) is 33.6 Å². The fourth-order valence-electron chi connectivity index (χ4n) is 6.80. The molecule has 1 aliphatic rings. The fourth-order valence-corrected chi connectivity index (χ4v) is 6.80. The summed E-state index contributed by atoms with van der Waals surface area (Å²) in [5, 5.41) is 4.82. The average molecular weight is 612 g/mol. The fraction of sp³-hybridized carbons (Fsp3) is 0.136. The van der Waals surface area contributed by atoms with Crippen molar-refractivity contribution in [3.05, 3.63) is 175 Å². The van der Waals surface area contributed by atoms with Gasteiger partial charge in [0.1, 0.15) is 0 Å². The maximum atomic E-state index is 3.54. The lowest BCUT2D eigenvalue weighted by Crippen LogP contribution is -2.21. The highest BCUT2D eigenvalue weighted by Crippen LogP contribution is 2.45. The first kappa shape index (κ1) is 30.1. The van der Waals surface area contributed by atoms with Gasteiger partial charge in [0.15, 0.2) is 0 Å². The lowest BCUT2D eigenvalue weighted by Gasteiger charge is -2.32. The molecule has 1 aliphatic carbocycles. The molecule has 0 spiro atoms. The Labute approximate surface area is 278 Å². The Morgan fingerprint density at radius 3 is 2.02 bits per heavy atom. The van der Waals surface area contributed by atoms with Gasteiger partial charge in [0.25, 0.3) is 0 Å². The highest BCUT2D eigenvalue weighted by molar-refractivity contribution is 6.03. The number of allylic oxidation sites excluding steroid dienone is 5. The summed E-state index contributed by atoms with van der Waals surface area (Å²) in [6.07, 6.45) is 8.86. The molecule has 5 aromatic carbocycles. The van der Waals surface area contributed by atoms with Gasteiger partial charge in [-0.15, -0.1) is 0 Å². The van der Waals surface area contributed by atoms with Crippen LogP contribution in [0.15, 0.2) is 163 Å². The summed E-state index contributed by atoms with van der Waals surface area (Å²) in [6.45, 7) is 6.73. The Morgan fingerprint density at radius 1 is 0.723 bits per heavy atom. The number of fused-ring (bicyclic) bond motifs is 3. The highest BCUT2D eigenvalue weighted by atomic mass is 15.2. The van der Waals surface area contributed by atoms with Gasteiger partial charge in [-0.05, 0) is 91.4 Å². The van der Waals surface area contributed by atoms with Crippen molar-refractivity contribution in [2.24, 2.45) is 5.92 Å². The summed E-state index contributed by atoms with van der Waals surface area (Å²) in [4.78, 5) is 2.45. The van der Waals surface area contributed by atoms with Crippen molar-refractivity contribution in [1.82, 2.24) is 4.57 Å². The number of benzene rings is 5. The van der Waals surface area contributed by atoms with E-state index in [1.54, 1.807) is 0 Å². The molecule has 6 aromatic rings. The van der Waals surface area contributed by atoms with E-state index in [4.69, 9.17) is 0 Å². The first-order valence-electron chi connectivity index (χ1n) is 16.7. The summed E-state index contributed by atoms with van der Waals surface area (Å²) in [7, 11) is 0. The summed E-state index contributed by atoms with van der Waals surface area (Å²) in [5.74, 6) is 0.366. The third-order valence-corrected chi connectivity index (χ3v) is 8.97. The number of rotatable bonds is 9. The molecule has 47 heavy (non-hydrogen) atoms. The van der Waals surface area contributed by atoms with E-state index < -0.39 is 0 Å². The largest absolute Gasteiger partial charge is 0.359 e. The van der Waals surface area contributed by atoms with Crippen LogP contribution in [0.25, 0.3) is 33.4 Å². The molecule has 1 atom stereocenters. The maximum absolute atomic E-state index is 3.54. The average Bonchev–Trinajstić information content (AvgIpc) is 3.44. The van der Waals surface area contributed by atoms with Crippen LogP contribution in [0.4, 0.5) is 17.1 Å². The Kier molecular flexibility index (Phi) is 8.62. The number of hydrogen-bond acceptors (Lipinski definition) is 2. The Balaban J connectivity index is 1.36. The lowest BCUT2D eigenvalue weighted by molar-refractivity contribution is 0.685. The SMILES string of the molecule is CC/C(=C\C=C(/C)Nc1ccccc1)n1c2c(c3ccccc31)C(N(c1ccccc1)c1ccc(-c3ccccc3)cc1)=CC(C)C2. The lowest BCUT2D eigenvalue weighted by atomic mass is 9.90. The van der Waals surface area contributed by atoms with Crippen molar-refractivity contribution >= 4 is 39.4 Å². The first-order chi connectivity index (χ1) is 23.1. The number of aromatic nitrogens is 1. The number of anilines is 3. The van der Waals surface area contributed by atoms with E-state index in [1.807, 2.05) is 6.07 Å². The van der Waals surface area contributed by atoms with Gasteiger partial charge in [0.2, 0.25) is 0 Å². The molecule has 7 rings (SSSR count). The predicted octanol–water partition coefficient (Wildman–Crippen LogP) is 11.9. The molecule has 3 nitrogen and oxygen atoms in total. The first-order valence-corrected chi connectivity index (χ1v) is 16.7. The van der Waals surface area contributed by atoms with Crippen molar-refractivity contribution in [3.8, 4) is 11.1 Å². The number of nitrogens with one attached hydrogen (secondary N) is 1. The molecule has 0 saturated carbocycles. The van der Waals surface area contributed by atoms with Crippen molar-refractivity contribution in [2.75, 3.05) is 10.2 Å². The second-order valence-electron chi connectivity index (χ2n) is 12.3. The highest BCUT2D eigenvalue weighted by Gasteiger charge is 2.30. The summed E-state index contributed by atoms with van der Waals surface area (Å²) in [6, 6.07) is 49.7. The van der Waals surface area contributed by atoms with Crippen LogP contribution in [0.5, 0.6) is 0 Å². The number of hydrogen-bond donors (Lipinski definition) is 1. The van der Waals surface area contributed by atoms with Gasteiger partial charge in [-0.25, -0.2) is 0 Å². The topological polar surface area (TPSA) is 20.2 Å². The molecule has 1 heterocycles. The van der Waals surface area contributed by atoms with E-state index in [0.717, 1.165) is 35.6 Å². The smallest absolute Gasteiger partial charge is 0.0535 e. The molecule has 0 aliphatic heterocycles. The zero-order chi connectivity index (χ0) is 32.2. The van der Waals surface area contributed by atoms with Crippen LogP contribution in [-0.2, 0) is 6.42 Å². The molecule has 3 heteroatoms. The maximum Gasteiger partial charge on any atom is 0.0535 e. The molecule has 1 aromatic heterocycles. The van der Waals surface area contributed by atoms with Crippen LogP contribution in [0, 0.1) is 5.92 Å². The van der Waals surface area contributed by atoms with Crippen LogP contribution < -0.4 is 10.2 Å². The summed E-state index contributed by atoms with van der Waals surface area (Å²) < 4.78 is 2.53. The molecule has 0 radical (unpaired) electrons. The van der Waals surface area contributed by atoms with Crippen molar-refractivity contribution < 1.29 is 0 Å². The zero-order valence-electron chi connectivity index (χ0n) is 27.4. The van der Waals surface area contributed by atoms with Gasteiger partial charge in [0, 0.05) is 45.1 Å². The minimum atomic E-state index is 0.366. The quantitative estimate of drug-likeness (QED) is 0.164. The molecule has 0 bridgehead atoms. The van der Waals surface area contributed by atoms with Gasteiger partial charge in [0.05, 0.1) is 11.2 Å². The molecule has 1 unspecified atom stereocenters. The Hall–Kier alpha value is -5.54. The van der Waals surface area contributed by atoms with Gasteiger partial charge >= 0.3 is 0 Å². The van der Waals surface area contributed by atoms with E-state index in [2.05, 4.69) is 187 Å². The summed E-state index contributed by atoms with van der Waals surface area (Å²) >= 11 is 0. The van der Waals surface area contributed by atoms with Gasteiger partial charge < -0.3 is 14.8 Å². The second kappa shape index (κ2) is 13.4. The molecular formula is C44H41N3. The molecule has 0 fully saturated rings. The third-order valence-electron chi connectivity index (χ3n) is 8.97. The van der Waals surface area contributed by atoms with Gasteiger partial charge in [-0.1, -0.05) is 117 Å². The summed E-state index contributed by atoms with van der Waals surface area (Å²) in [5.41, 5.74) is 13.4. The standard InChI is InChI=1S/C44H41N3/c1-4-37(27-24-33(3)45-36-18-10-6-11-19-36)47-41-23-15-14-22-40(41)44-42(30-32(2)31-43(44)47)46(38-20-12-7-13-21-38)39-28-25-35(26-29-39)34-16-8-5-9-17-34/h5-30,32,45H,4,31H2,1-3H3/b33-24+,37-27+. The van der Waals surface area contributed by atoms with Gasteiger partial charge in [-0.2, -0.15) is 0 Å². The van der Waals surface area contributed by atoms with E-state index in [0.29, 0.717) is 5.92 Å². The number of nitrogens with zero attached hydrogens (tertiary/aromatic N) is 2. The van der Waals surface area contributed by atoms with Crippen molar-refractivity contribution in [1.29, 1.82) is 0 Å². The van der Waals surface area contributed by atoms with E-state index in [9.17, 15) is 0 Å². The van der Waals surface area contributed by atoms with Crippen LogP contribution in [0.3, 0.4) is 0 Å². The Morgan fingerprint density at radius 2 is 1.32 bits per heavy atom. The van der Waals surface area contributed by atoms with Gasteiger partial charge in [-0.3, -0.25) is 0 Å². The monoisotopic (exact) mass is 611 g/mol. The molecule has 232 valence electrons. The normalized spacial score (nSPS) is 14.9. The predicted molar refractivity (Wildman–Crippen MR) is 202 cm³/mol. The Bertz CT molecular complexity index is 2070. The van der Waals surface area contributed by atoms with Crippen molar-refractivity contribution in [3.63, 3.8) is 0 Å². The molecule has 0 amide bonds. The zero-order valence-corrected chi connectivity index (χ0v) is 27.4. The van der Waals surface area contributed by atoms with E-state index in [1.165, 1.54) is 44.7 Å². The molecular weight excluding hydrogens is 571 g/mol. The molecule has 0 saturated heterocycles. The van der Waals surface area contributed by atoms with Crippen LogP contribution in [0.1, 0.15) is 38.4 Å². The van der Waals surface area contributed by atoms with Crippen LogP contribution >= 0.6 is 0 Å². The minimum absolute atomic E-state index is 0.366. The molecule has 1 N–H and O–H groups in total. The second-order valence-corrected chi connectivity index (χ2v) is 12.3. The van der Waals surface area contributed by atoms with E-state index >= 15 is 0 Å². The minimum Gasteiger partial charge on any atom is -0.359 e. The third kappa shape index (κ3) is 6.17. The van der Waals surface area contributed by atoms with E-state index in [-0.39, 0.29) is 0 Å². The van der Waals surface area contributed by atoms with Crippen LogP contribution in [-0.4, -0.2) is 4.57 Å².